The highest BCUT2D eigenvalue weighted by Crippen LogP contribution is 2.14. The van der Waals surface area contributed by atoms with Crippen molar-refractivity contribution in [3.8, 4) is 0 Å². The first kappa shape index (κ1) is 19.3. The summed E-state index contributed by atoms with van der Waals surface area (Å²) in [5.41, 5.74) is 1.73. The summed E-state index contributed by atoms with van der Waals surface area (Å²) in [4.78, 5) is 11.1. The maximum absolute atomic E-state index is 13.7. The van der Waals surface area contributed by atoms with Crippen LogP contribution in [0.5, 0.6) is 0 Å². The van der Waals surface area contributed by atoms with E-state index in [2.05, 4.69) is 55.8 Å². The Bertz CT molecular complexity index is 726. The van der Waals surface area contributed by atoms with Crippen LogP contribution in [0, 0.1) is 5.82 Å². The Morgan fingerprint density at radius 2 is 1.96 bits per heavy atom. The van der Waals surface area contributed by atoms with E-state index < -0.39 is 0 Å². The quantitative estimate of drug-likeness (QED) is 0.607. The van der Waals surface area contributed by atoms with Gasteiger partial charge in [-0.3, -0.25) is 9.88 Å². The molecule has 1 aliphatic heterocycles. The lowest BCUT2D eigenvalue weighted by Crippen LogP contribution is -2.48. The molecule has 2 N–H and O–H groups in total. The van der Waals surface area contributed by atoms with Crippen LogP contribution >= 0.6 is 0 Å². The van der Waals surface area contributed by atoms with Crippen molar-refractivity contribution in [1.29, 1.82) is 0 Å². The lowest BCUT2D eigenvalue weighted by Gasteiger charge is -2.33. The molecule has 0 atom stereocenters. The highest BCUT2D eigenvalue weighted by molar-refractivity contribution is 5.80. The number of nitrogens with one attached hydrogen (secondary N) is 2. The minimum Gasteiger partial charge on any atom is -0.357 e. The highest BCUT2D eigenvalue weighted by atomic mass is 19.1. The van der Waals surface area contributed by atoms with E-state index in [1.807, 2.05) is 6.92 Å². The predicted molar refractivity (Wildman–Crippen MR) is 107 cm³/mol. The molecule has 27 heavy (non-hydrogen) atoms. The van der Waals surface area contributed by atoms with Crippen LogP contribution in [0.3, 0.4) is 0 Å². The smallest absolute Gasteiger partial charge is 0.191 e. The maximum Gasteiger partial charge on any atom is 0.191 e. The highest BCUT2D eigenvalue weighted by Gasteiger charge is 2.20. The van der Waals surface area contributed by atoms with Crippen LogP contribution in [-0.2, 0) is 13.1 Å². The number of guanidine groups is 1. The van der Waals surface area contributed by atoms with Crippen LogP contribution in [0.25, 0.3) is 0 Å². The number of aromatic nitrogens is 1. The van der Waals surface area contributed by atoms with E-state index in [-0.39, 0.29) is 12.4 Å². The molecule has 0 aliphatic carbocycles. The summed E-state index contributed by atoms with van der Waals surface area (Å²) in [5, 5.41) is 6.74. The predicted octanol–water partition coefficient (Wildman–Crippen LogP) is 2.94. The molecule has 1 aromatic carbocycles. The number of likely N-dealkylation sites (tertiary alicyclic amines) is 1. The molecule has 144 valence electrons. The fraction of sp³-hybridized carbons (Fsp3) is 0.429. The number of piperidine rings is 1. The normalized spacial score (nSPS) is 16.3. The van der Waals surface area contributed by atoms with E-state index >= 15 is 0 Å². The van der Waals surface area contributed by atoms with E-state index in [0.29, 0.717) is 11.7 Å². The van der Waals surface area contributed by atoms with Gasteiger partial charge in [-0.2, -0.15) is 0 Å². The number of benzene rings is 1. The lowest BCUT2D eigenvalue weighted by molar-refractivity contribution is 0.198. The molecule has 0 saturated carbocycles. The standard InChI is InChI=1S/C21H28FN5/c1-2-23-21(25-15-20-19(22)9-6-12-24-20)26-18-10-13-27(14-11-18)16-17-7-4-3-5-8-17/h3-9,12,18H,2,10-11,13-16H2,1H3,(H2,23,25,26). The monoisotopic (exact) mass is 369 g/mol. The van der Waals surface area contributed by atoms with Gasteiger partial charge < -0.3 is 10.6 Å². The third kappa shape index (κ3) is 6.03. The number of hydrogen-bond acceptors (Lipinski definition) is 3. The summed E-state index contributed by atoms with van der Waals surface area (Å²) in [6.07, 6.45) is 3.72. The SMILES string of the molecule is CCNC(=NCc1ncccc1F)NC1CCN(Cc2ccccc2)CC1. The molecule has 2 aromatic rings. The van der Waals surface area contributed by atoms with Crippen LogP contribution in [0.1, 0.15) is 31.0 Å². The minimum atomic E-state index is -0.314. The molecule has 3 rings (SSSR count). The molecule has 0 amide bonds. The molecular weight excluding hydrogens is 341 g/mol. The fourth-order valence-electron chi connectivity index (χ4n) is 3.28. The molecule has 0 radical (unpaired) electrons. The molecule has 0 spiro atoms. The van der Waals surface area contributed by atoms with Crippen molar-refractivity contribution in [2.24, 2.45) is 4.99 Å². The number of hydrogen-bond donors (Lipinski definition) is 2. The van der Waals surface area contributed by atoms with E-state index in [9.17, 15) is 4.39 Å². The van der Waals surface area contributed by atoms with Gasteiger partial charge in [-0.1, -0.05) is 30.3 Å². The van der Waals surface area contributed by atoms with Gasteiger partial charge in [0.2, 0.25) is 0 Å². The van der Waals surface area contributed by atoms with E-state index in [0.717, 1.165) is 45.0 Å². The number of aliphatic imine (C=N–C) groups is 1. The van der Waals surface area contributed by atoms with Crippen molar-refractivity contribution in [1.82, 2.24) is 20.5 Å². The van der Waals surface area contributed by atoms with Crippen LogP contribution in [0.4, 0.5) is 4.39 Å². The first-order chi connectivity index (χ1) is 13.2. The van der Waals surface area contributed by atoms with Gasteiger partial charge in [0, 0.05) is 38.4 Å². The van der Waals surface area contributed by atoms with Gasteiger partial charge in [-0.15, -0.1) is 0 Å². The second-order valence-corrected chi connectivity index (χ2v) is 6.81. The Kier molecular flexibility index (Phi) is 7.16. The number of pyridine rings is 1. The average Bonchev–Trinajstić information content (AvgIpc) is 2.70. The second-order valence-electron chi connectivity index (χ2n) is 6.81. The van der Waals surface area contributed by atoms with Gasteiger partial charge in [-0.05, 0) is 37.5 Å². The Morgan fingerprint density at radius 3 is 2.67 bits per heavy atom. The Hall–Kier alpha value is -2.47. The van der Waals surface area contributed by atoms with Crippen LogP contribution in [-0.4, -0.2) is 41.5 Å². The first-order valence-corrected chi connectivity index (χ1v) is 9.65. The molecule has 6 heteroatoms. The van der Waals surface area contributed by atoms with Gasteiger partial charge in [-0.25, -0.2) is 9.38 Å². The van der Waals surface area contributed by atoms with Crippen molar-refractivity contribution < 1.29 is 4.39 Å². The van der Waals surface area contributed by atoms with Gasteiger partial charge in [0.1, 0.15) is 5.82 Å². The molecule has 5 nitrogen and oxygen atoms in total. The van der Waals surface area contributed by atoms with Crippen molar-refractivity contribution in [3.63, 3.8) is 0 Å². The number of rotatable bonds is 6. The van der Waals surface area contributed by atoms with Crippen molar-refractivity contribution in [2.45, 2.75) is 38.9 Å². The zero-order valence-electron chi connectivity index (χ0n) is 15.9. The zero-order valence-corrected chi connectivity index (χ0v) is 15.9. The topological polar surface area (TPSA) is 52.6 Å². The van der Waals surface area contributed by atoms with Crippen LogP contribution < -0.4 is 10.6 Å². The molecule has 1 aromatic heterocycles. The average molecular weight is 369 g/mol. The van der Waals surface area contributed by atoms with E-state index in [1.54, 1.807) is 12.3 Å². The maximum atomic E-state index is 13.7. The van der Waals surface area contributed by atoms with Gasteiger partial charge in [0.15, 0.2) is 5.96 Å². The molecule has 1 fully saturated rings. The largest absolute Gasteiger partial charge is 0.357 e. The van der Waals surface area contributed by atoms with Gasteiger partial charge in [0.05, 0.1) is 12.2 Å². The first-order valence-electron chi connectivity index (χ1n) is 9.65. The van der Waals surface area contributed by atoms with Crippen molar-refractivity contribution in [2.75, 3.05) is 19.6 Å². The summed E-state index contributed by atoms with van der Waals surface area (Å²) < 4.78 is 13.7. The molecule has 0 bridgehead atoms. The molecular formula is C21H28FN5. The second kappa shape index (κ2) is 10.0. The van der Waals surface area contributed by atoms with E-state index in [1.165, 1.54) is 11.6 Å². The summed E-state index contributed by atoms with van der Waals surface area (Å²) in [7, 11) is 0. The Morgan fingerprint density at radius 1 is 1.19 bits per heavy atom. The Labute approximate surface area is 160 Å². The lowest BCUT2D eigenvalue weighted by atomic mass is 10.0. The Balaban J connectivity index is 1.50. The van der Waals surface area contributed by atoms with Crippen molar-refractivity contribution in [3.05, 3.63) is 65.7 Å². The van der Waals surface area contributed by atoms with Gasteiger partial charge in [0.25, 0.3) is 0 Å². The molecule has 0 unspecified atom stereocenters. The summed E-state index contributed by atoms with van der Waals surface area (Å²) in [6.45, 7) is 6.14. The zero-order chi connectivity index (χ0) is 18.9. The minimum absolute atomic E-state index is 0.231. The molecule has 1 aliphatic rings. The number of halogens is 1. The third-order valence-corrected chi connectivity index (χ3v) is 4.74. The van der Waals surface area contributed by atoms with Crippen LogP contribution in [0.2, 0.25) is 0 Å². The number of nitrogens with zero attached hydrogens (tertiary/aromatic N) is 3. The third-order valence-electron chi connectivity index (χ3n) is 4.74. The van der Waals surface area contributed by atoms with Crippen molar-refractivity contribution >= 4 is 5.96 Å². The summed E-state index contributed by atoms with van der Waals surface area (Å²) in [6, 6.07) is 14.0. The molecule has 2 heterocycles. The fourth-order valence-corrected chi connectivity index (χ4v) is 3.28. The van der Waals surface area contributed by atoms with E-state index in [4.69, 9.17) is 0 Å². The summed E-state index contributed by atoms with van der Waals surface area (Å²) in [5.74, 6) is 0.412. The van der Waals surface area contributed by atoms with Crippen LogP contribution in [0.15, 0.2) is 53.7 Å². The van der Waals surface area contributed by atoms with Gasteiger partial charge >= 0.3 is 0 Å². The summed E-state index contributed by atoms with van der Waals surface area (Å²) >= 11 is 0. The molecule has 1 saturated heterocycles.